The number of fused-ring (bicyclic) bond motifs is 1. The van der Waals surface area contributed by atoms with Gasteiger partial charge in [-0.2, -0.15) is 0 Å². The largest absolute Gasteiger partial charge is 0.354 e. The van der Waals surface area contributed by atoms with Crippen molar-refractivity contribution in [3.8, 4) is 0 Å². The van der Waals surface area contributed by atoms with Crippen LogP contribution in [0.25, 0.3) is 0 Å². The first kappa shape index (κ1) is 12.0. The highest BCUT2D eigenvalue weighted by Gasteiger charge is 2.45. The number of hydrogen-bond acceptors (Lipinski definition) is 3. The molecule has 2 unspecified atom stereocenters. The van der Waals surface area contributed by atoms with Crippen LogP contribution in [-0.2, 0) is 4.79 Å². The first-order valence-electron chi connectivity index (χ1n) is 6.34. The summed E-state index contributed by atoms with van der Waals surface area (Å²) >= 11 is 3.37. The minimum Gasteiger partial charge on any atom is -0.354 e. The second-order valence-corrected chi connectivity index (χ2v) is 6.33. The maximum atomic E-state index is 12.4. The van der Waals surface area contributed by atoms with Crippen molar-refractivity contribution in [3.63, 3.8) is 0 Å². The third-order valence-electron chi connectivity index (χ3n) is 3.89. The molecule has 2 N–H and O–H groups in total. The maximum Gasteiger partial charge on any atom is 0.250 e. The van der Waals surface area contributed by atoms with Gasteiger partial charge in [-0.15, -0.1) is 0 Å². The molecule has 2 heterocycles. The molecule has 0 saturated heterocycles. The van der Waals surface area contributed by atoms with E-state index in [-0.39, 0.29) is 5.91 Å². The van der Waals surface area contributed by atoms with Crippen LogP contribution in [0.3, 0.4) is 0 Å². The highest BCUT2D eigenvalue weighted by molar-refractivity contribution is 9.10. The number of hydrogen-bond donors (Lipinski definition) is 2. The van der Waals surface area contributed by atoms with Gasteiger partial charge in [-0.25, -0.2) is 4.98 Å². The van der Waals surface area contributed by atoms with Crippen LogP contribution in [-0.4, -0.2) is 16.4 Å². The highest BCUT2D eigenvalue weighted by Crippen LogP contribution is 2.40. The molecule has 1 amide bonds. The molecule has 1 aliphatic heterocycles. The number of pyridine rings is 1. The first-order valence-corrected chi connectivity index (χ1v) is 7.13. The van der Waals surface area contributed by atoms with Crippen molar-refractivity contribution in [1.29, 1.82) is 0 Å². The molecule has 4 nitrogen and oxygen atoms in total. The fourth-order valence-electron chi connectivity index (χ4n) is 3.03. The van der Waals surface area contributed by atoms with E-state index in [1.165, 1.54) is 6.42 Å². The number of aromatic nitrogens is 1. The number of amides is 1. The molecule has 1 aromatic rings. The lowest BCUT2D eigenvalue weighted by molar-refractivity contribution is -0.122. The third-order valence-corrected chi connectivity index (χ3v) is 4.33. The fourth-order valence-corrected chi connectivity index (χ4v) is 3.36. The van der Waals surface area contributed by atoms with Gasteiger partial charge in [-0.05, 0) is 40.8 Å². The molecule has 1 aliphatic carbocycles. The Morgan fingerprint density at radius 1 is 1.56 bits per heavy atom. The molecule has 0 aromatic carbocycles. The van der Waals surface area contributed by atoms with Gasteiger partial charge in [0.05, 0.1) is 5.69 Å². The van der Waals surface area contributed by atoms with E-state index in [9.17, 15) is 4.79 Å². The van der Waals surface area contributed by atoms with Gasteiger partial charge in [0, 0.05) is 10.7 Å². The number of anilines is 2. The van der Waals surface area contributed by atoms with Crippen LogP contribution in [0.5, 0.6) is 0 Å². The number of rotatable bonds is 0. The van der Waals surface area contributed by atoms with E-state index >= 15 is 0 Å². The average molecular weight is 310 g/mol. The van der Waals surface area contributed by atoms with Gasteiger partial charge in [-0.3, -0.25) is 4.79 Å². The van der Waals surface area contributed by atoms with E-state index in [1.54, 1.807) is 6.20 Å². The van der Waals surface area contributed by atoms with Gasteiger partial charge < -0.3 is 10.6 Å². The van der Waals surface area contributed by atoms with Crippen LogP contribution in [0, 0.1) is 5.92 Å². The van der Waals surface area contributed by atoms with Crippen molar-refractivity contribution in [1.82, 2.24) is 4.98 Å². The molecule has 5 heteroatoms. The summed E-state index contributed by atoms with van der Waals surface area (Å²) in [7, 11) is 0. The molecule has 2 atom stereocenters. The van der Waals surface area contributed by atoms with Crippen molar-refractivity contribution >= 4 is 33.3 Å². The lowest BCUT2D eigenvalue weighted by Crippen LogP contribution is -2.55. The smallest absolute Gasteiger partial charge is 0.250 e. The Balaban J connectivity index is 1.96. The summed E-state index contributed by atoms with van der Waals surface area (Å²) in [4.78, 5) is 16.7. The van der Waals surface area contributed by atoms with Crippen molar-refractivity contribution in [3.05, 3.63) is 16.7 Å². The predicted octanol–water partition coefficient (Wildman–Crippen LogP) is 3.16. The SMILES string of the molecule is CC1CCCC2(C1)Nc1ncc(Br)cc1NC2=O. The second kappa shape index (κ2) is 4.23. The number of carbonyl (C=O) groups excluding carboxylic acids is 1. The summed E-state index contributed by atoms with van der Waals surface area (Å²) in [5, 5.41) is 6.36. The summed E-state index contributed by atoms with van der Waals surface area (Å²) in [6.07, 6.45) is 5.82. The van der Waals surface area contributed by atoms with Crippen LogP contribution >= 0.6 is 15.9 Å². The van der Waals surface area contributed by atoms with Crippen LogP contribution in [0.2, 0.25) is 0 Å². The summed E-state index contributed by atoms with van der Waals surface area (Å²) in [5.41, 5.74) is 0.309. The standard InChI is InChI=1S/C13H16BrN3O/c1-8-3-2-4-13(6-8)12(18)16-10-5-9(14)7-15-11(10)17-13/h5,7-8H,2-4,6H2,1H3,(H,15,17)(H,16,18). The third kappa shape index (κ3) is 1.90. The average Bonchev–Trinajstić information content (AvgIpc) is 2.31. The van der Waals surface area contributed by atoms with Gasteiger partial charge in [-0.1, -0.05) is 19.8 Å². The van der Waals surface area contributed by atoms with Gasteiger partial charge in [0.25, 0.3) is 0 Å². The molecule has 18 heavy (non-hydrogen) atoms. The molecule has 0 radical (unpaired) electrons. The molecular formula is C13H16BrN3O. The van der Waals surface area contributed by atoms with Gasteiger partial charge in [0.2, 0.25) is 5.91 Å². The van der Waals surface area contributed by atoms with Gasteiger partial charge >= 0.3 is 0 Å². The van der Waals surface area contributed by atoms with Crippen LogP contribution in [0.1, 0.15) is 32.6 Å². The molecular weight excluding hydrogens is 294 g/mol. The van der Waals surface area contributed by atoms with Gasteiger partial charge in [0.15, 0.2) is 5.82 Å². The highest BCUT2D eigenvalue weighted by atomic mass is 79.9. The van der Waals surface area contributed by atoms with Crippen molar-refractivity contribution in [2.45, 2.75) is 38.1 Å². The molecule has 1 fully saturated rings. The topological polar surface area (TPSA) is 54.0 Å². The summed E-state index contributed by atoms with van der Waals surface area (Å²) in [6, 6.07) is 1.88. The summed E-state index contributed by atoms with van der Waals surface area (Å²) in [5.74, 6) is 1.45. The van der Waals surface area contributed by atoms with E-state index in [0.29, 0.717) is 5.92 Å². The van der Waals surface area contributed by atoms with Crippen molar-refractivity contribution in [2.24, 2.45) is 5.92 Å². The van der Waals surface area contributed by atoms with Crippen molar-refractivity contribution < 1.29 is 4.79 Å². The zero-order valence-electron chi connectivity index (χ0n) is 10.3. The lowest BCUT2D eigenvalue weighted by Gasteiger charge is -2.42. The molecule has 1 saturated carbocycles. The fraction of sp³-hybridized carbons (Fsp3) is 0.538. The zero-order valence-corrected chi connectivity index (χ0v) is 11.9. The van der Waals surface area contributed by atoms with E-state index in [0.717, 1.165) is 35.2 Å². The number of nitrogens with zero attached hydrogens (tertiary/aromatic N) is 1. The Kier molecular flexibility index (Phi) is 2.81. The maximum absolute atomic E-state index is 12.4. The Morgan fingerprint density at radius 3 is 3.17 bits per heavy atom. The number of carbonyl (C=O) groups is 1. The Hall–Kier alpha value is -1.10. The lowest BCUT2D eigenvalue weighted by atomic mass is 9.75. The number of nitrogens with one attached hydrogen (secondary N) is 2. The van der Waals surface area contributed by atoms with E-state index in [4.69, 9.17) is 0 Å². The predicted molar refractivity (Wildman–Crippen MR) is 74.6 cm³/mol. The van der Waals surface area contributed by atoms with E-state index in [2.05, 4.69) is 38.5 Å². The molecule has 2 aliphatic rings. The summed E-state index contributed by atoms with van der Waals surface area (Å²) in [6.45, 7) is 2.21. The van der Waals surface area contributed by atoms with E-state index < -0.39 is 5.54 Å². The van der Waals surface area contributed by atoms with Crippen molar-refractivity contribution in [2.75, 3.05) is 10.6 Å². The normalized spacial score (nSPS) is 30.6. The molecule has 1 aromatic heterocycles. The van der Waals surface area contributed by atoms with Crippen LogP contribution in [0.4, 0.5) is 11.5 Å². The molecule has 3 rings (SSSR count). The number of halogens is 1. The molecule has 0 bridgehead atoms. The van der Waals surface area contributed by atoms with Gasteiger partial charge in [0.1, 0.15) is 5.54 Å². The van der Waals surface area contributed by atoms with Crippen LogP contribution < -0.4 is 10.6 Å². The van der Waals surface area contributed by atoms with E-state index in [1.807, 2.05) is 6.07 Å². The molecule has 1 spiro atoms. The monoisotopic (exact) mass is 309 g/mol. The second-order valence-electron chi connectivity index (χ2n) is 5.41. The molecule has 96 valence electrons. The van der Waals surface area contributed by atoms with Crippen LogP contribution in [0.15, 0.2) is 16.7 Å². The Bertz CT molecular complexity index is 505. The quantitative estimate of drug-likeness (QED) is 0.774. The Labute approximate surface area is 115 Å². The first-order chi connectivity index (χ1) is 8.59. The minimum absolute atomic E-state index is 0.0847. The zero-order chi connectivity index (χ0) is 12.8. The Morgan fingerprint density at radius 2 is 2.39 bits per heavy atom. The summed E-state index contributed by atoms with van der Waals surface area (Å²) < 4.78 is 0.872. The minimum atomic E-state index is -0.453.